The largest absolute Gasteiger partial charge is 0.475 e. The Kier molecular flexibility index (Phi) is 15.1. The highest BCUT2D eigenvalue weighted by molar-refractivity contribution is 6.99. The van der Waals surface area contributed by atoms with Gasteiger partial charge in [-0.25, -0.2) is 18.2 Å². The molecule has 386 valence electrons. The third-order valence-electron chi connectivity index (χ3n) is 15.8. The lowest BCUT2D eigenvalue weighted by atomic mass is 9.95. The standard InChI is InChI=1S/C58H70F3N5O5Si2/c1-38(2)72(39(3)4,40(5)6)31-24-46-48(60)23-22-41-32-43(70-37-67-10)33-47(49(41)46)52-51(61)53-50-54(64-56(63-53)69-36-58-25-17-26-66(58)35-42(59)34-58)65(27-29-68-55(50)62-52)28-30-71-73(57(7,8)9,44-18-13-11-14-19-44)45-20-15-12-16-21-45/h11-16,18-23,32-33,38-40,42H,17,25-30,34-37H2,1-10H3/t42-,58+/m1/s1. The van der Waals surface area contributed by atoms with Gasteiger partial charge in [-0.2, -0.15) is 9.97 Å². The molecule has 2 fully saturated rings. The number of alkyl halides is 1. The molecule has 0 spiro atoms. The Balaban J connectivity index is 1.21. The molecule has 0 unspecified atom stereocenters. The highest BCUT2D eigenvalue weighted by Gasteiger charge is 2.51. The molecular weight excluding hydrogens is 960 g/mol. The normalized spacial score (nSPS) is 18.4. The molecule has 0 bridgehead atoms. The van der Waals surface area contributed by atoms with Gasteiger partial charge in [-0.1, -0.05) is 135 Å². The van der Waals surface area contributed by atoms with E-state index < -0.39 is 39.7 Å². The maximum Gasteiger partial charge on any atom is 0.319 e. The number of rotatable bonds is 16. The number of anilines is 1. The zero-order valence-corrected chi connectivity index (χ0v) is 46.1. The van der Waals surface area contributed by atoms with Crippen LogP contribution in [0.3, 0.4) is 0 Å². The first-order valence-electron chi connectivity index (χ1n) is 25.9. The average molecular weight is 1030 g/mol. The van der Waals surface area contributed by atoms with Crippen molar-refractivity contribution in [3.05, 3.63) is 102 Å². The minimum Gasteiger partial charge on any atom is -0.475 e. The number of halogens is 3. The molecule has 4 aromatic carbocycles. The van der Waals surface area contributed by atoms with E-state index in [0.29, 0.717) is 55.0 Å². The summed E-state index contributed by atoms with van der Waals surface area (Å²) in [6.45, 7) is 22.3. The molecule has 0 saturated carbocycles. The van der Waals surface area contributed by atoms with Crippen LogP contribution in [0.1, 0.15) is 87.1 Å². The van der Waals surface area contributed by atoms with Crippen LogP contribution in [0.2, 0.25) is 21.7 Å². The highest BCUT2D eigenvalue weighted by Crippen LogP contribution is 2.46. The van der Waals surface area contributed by atoms with Crippen molar-refractivity contribution >= 4 is 54.3 Å². The molecule has 6 aromatic rings. The molecule has 3 aliphatic heterocycles. The minimum atomic E-state index is -2.95. The van der Waals surface area contributed by atoms with Crippen molar-refractivity contribution in [3.63, 3.8) is 0 Å². The van der Waals surface area contributed by atoms with E-state index in [4.69, 9.17) is 38.3 Å². The van der Waals surface area contributed by atoms with Gasteiger partial charge in [0.25, 0.3) is 8.32 Å². The fraction of sp³-hybridized carbons (Fsp3) is 0.466. The van der Waals surface area contributed by atoms with Crippen LogP contribution in [0.25, 0.3) is 32.9 Å². The van der Waals surface area contributed by atoms with Crippen molar-refractivity contribution in [2.45, 2.75) is 115 Å². The van der Waals surface area contributed by atoms with Crippen LogP contribution in [-0.2, 0) is 9.16 Å². The second-order valence-corrected chi connectivity index (χ2v) is 31.9. The maximum absolute atomic E-state index is 18.3. The van der Waals surface area contributed by atoms with Gasteiger partial charge in [0, 0.05) is 37.6 Å². The average Bonchev–Trinajstić information content (AvgIpc) is 3.83. The Bertz CT molecular complexity index is 2960. The second kappa shape index (κ2) is 21.0. The molecule has 0 radical (unpaired) electrons. The van der Waals surface area contributed by atoms with E-state index in [0.717, 1.165) is 29.8 Å². The van der Waals surface area contributed by atoms with Crippen LogP contribution in [0, 0.1) is 23.1 Å². The van der Waals surface area contributed by atoms with Crippen LogP contribution in [0.5, 0.6) is 17.6 Å². The summed E-state index contributed by atoms with van der Waals surface area (Å²) >= 11 is 0. The summed E-state index contributed by atoms with van der Waals surface area (Å²) < 4.78 is 81.7. The zero-order valence-electron chi connectivity index (χ0n) is 44.1. The summed E-state index contributed by atoms with van der Waals surface area (Å²) in [6.07, 6.45) is 1.06. The SMILES string of the molecule is COCOc1cc(-c2nc3c4c(nc(OC[C@@]56CCCN5C[C@H](F)C6)nc4c2F)N(CCO[Si](c2ccccc2)(c2ccccc2)C(C)(C)C)CCO3)c2c(C#C[Si](C(C)C)(C(C)C)C(C)C)c(F)ccc2c1. The van der Waals surface area contributed by atoms with Crippen molar-refractivity contribution < 1.29 is 36.5 Å². The third-order valence-corrected chi connectivity index (χ3v) is 27.2. The molecule has 73 heavy (non-hydrogen) atoms. The predicted octanol–water partition coefficient (Wildman–Crippen LogP) is 11.4. The summed E-state index contributed by atoms with van der Waals surface area (Å²) in [5.74, 6) is 2.91. The first-order valence-corrected chi connectivity index (χ1v) is 30.1. The van der Waals surface area contributed by atoms with Gasteiger partial charge in [-0.15, -0.1) is 5.54 Å². The van der Waals surface area contributed by atoms with Gasteiger partial charge in [-0.3, -0.25) is 4.90 Å². The van der Waals surface area contributed by atoms with Gasteiger partial charge in [0.05, 0.1) is 24.3 Å². The van der Waals surface area contributed by atoms with Crippen LogP contribution in [-0.4, -0.2) is 108 Å². The van der Waals surface area contributed by atoms with Gasteiger partial charge in [0.1, 0.15) is 61.4 Å². The maximum atomic E-state index is 18.3. The summed E-state index contributed by atoms with van der Waals surface area (Å²) in [7, 11) is -3.79. The summed E-state index contributed by atoms with van der Waals surface area (Å²) in [4.78, 5) is 19.1. The van der Waals surface area contributed by atoms with Crippen molar-refractivity contribution in [1.29, 1.82) is 0 Å². The lowest BCUT2D eigenvalue weighted by molar-refractivity contribution is 0.0512. The van der Waals surface area contributed by atoms with Gasteiger partial charge >= 0.3 is 6.01 Å². The van der Waals surface area contributed by atoms with Gasteiger partial charge in [0.2, 0.25) is 5.88 Å². The Hall–Kier alpha value is -5.51. The number of hydrogen-bond donors (Lipinski definition) is 0. The molecule has 3 aliphatic rings. The van der Waals surface area contributed by atoms with Crippen molar-refractivity contribution in [1.82, 2.24) is 19.9 Å². The molecule has 0 aliphatic carbocycles. The monoisotopic (exact) mass is 1030 g/mol. The van der Waals surface area contributed by atoms with Crippen LogP contribution < -0.4 is 29.5 Å². The third kappa shape index (κ3) is 9.63. The Morgan fingerprint density at radius 1 is 0.849 bits per heavy atom. The number of hydrogen-bond acceptors (Lipinski definition) is 10. The first kappa shape index (κ1) is 52.4. The lowest BCUT2D eigenvalue weighted by Crippen LogP contribution is -2.67. The molecule has 10 nitrogen and oxygen atoms in total. The number of ether oxygens (including phenoxy) is 4. The number of nitrogens with zero attached hydrogens (tertiary/aromatic N) is 5. The van der Waals surface area contributed by atoms with E-state index in [1.165, 1.54) is 13.2 Å². The summed E-state index contributed by atoms with van der Waals surface area (Å²) in [5.41, 5.74) is 4.24. The van der Waals surface area contributed by atoms with E-state index in [1.54, 1.807) is 18.2 Å². The molecule has 2 atom stereocenters. The fourth-order valence-electron chi connectivity index (χ4n) is 12.5. The Labute approximate surface area is 431 Å². The molecule has 5 heterocycles. The molecule has 0 amide bonds. The number of benzene rings is 4. The van der Waals surface area contributed by atoms with E-state index in [1.807, 2.05) is 17.0 Å². The van der Waals surface area contributed by atoms with Gasteiger partial charge < -0.3 is 28.3 Å². The van der Waals surface area contributed by atoms with Crippen molar-refractivity contribution in [3.8, 4) is 40.4 Å². The molecule has 0 N–H and O–H groups in total. The van der Waals surface area contributed by atoms with E-state index in [-0.39, 0.29) is 81.3 Å². The van der Waals surface area contributed by atoms with E-state index >= 15 is 13.2 Å². The minimum absolute atomic E-state index is 0.0511. The summed E-state index contributed by atoms with van der Waals surface area (Å²) in [5, 5.41) is 3.27. The van der Waals surface area contributed by atoms with Crippen LogP contribution in [0.15, 0.2) is 84.9 Å². The molecular formula is C58H70F3N5O5Si2. The first-order chi connectivity index (χ1) is 34.9. The van der Waals surface area contributed by atoms with E-state index in [9.17, 15) is 0 Å². The number of aromatic nitrogens is 3. The Morgan fingerprint density at radius 3 is 2.18 bits per heavy atom. The fourth-order valence-corrected chi connectivity index (χ4v) is 22.3. The molecule has 15 heteroatoms. The number of methoxy groups -OCH3 is 1. The molecule has 2 aromatic heterocycles. The molecule has 9 rings (SSSR count). The predicted molar refractivity (Wildman–Crippen MR) is 290 cm³/mol. The van der Waals surface area contributed by atoms with Crippen molar-refractivity contribution in [2.24, 2.45) is 0 Å². The zero-order chi connectivity index (χ0) is 51.9. The topological polar surface area (TPSA) is 91.3 Å². The summed E-state index contributed by atoms with van der Waals surface area (Å²) in [6, 6.07) is 27.4. The smallest absolute Gasteiger partial charge is 0.319 e. The second-order valence-electron chi connectivity index (χ2n) is 22.0. The highest BCUT2D eigenvalue weighted by atomic mass is 28.4. The van der Waals surface area contributed by atoms with Crippen LogP contribution in [0.4, 0.5) is 19.0 Å². The lowest BCUT2D eigenvalue weighted by Gasteiger charge is -2.43. The van der Waals surface area contributed by atoms with E-state index in [2.05, 4.69) is 127 Å². The quantitative estimate of drug-likeness (QED) is 0.0530. The van der Waals surface area contributed by atoms with Crippen molar-refractivity contribution in [2.75, 3.05) is 64.8 Å². The van der Waals surface area contributed by atoms with Gasteiger partial charge in [0.15, 0.2) is 12.6 Å². The Morgan fingerprint density at radius 2 is 1.53 bits per heavy atom. The number of pyridine rings is 1. The van der Waals surface area contributed by atoms with Crippen LogP contribution >= 0.6 is 0 Å². The van der Waals surface area contributed by atoms with Gasteiger partial charge in [-0.05, 0) is 75.0 Å². The molecule has 2 saturated heterocycles. The number of fused-ring (bicyclic) bond motifs is 2.